The van der Waals surface area contributed by atoms with E-state index in [2.05, 4.69) is 53.2 Å². The number of rotatable bonds is 7. The van der Waals surface area contributed by atoms with Crippen molar-refractivity contribution in [2.45, 2.75) is 30.2 Å². The molecule has 0 spiro atoms. The number of nitrogens with one attached hydrogen (secondary N) is 1. The van der Waals surface area contributed by atoms with Gasteiger partial charge in [-0.1, -0.05) is 6.07 Å². The zero-order valence-corrected chi connectivity index (χ0v) is 20.5. The van der Waals surface area contributed by atoms with Crippen LogP contribution < -0.4 is 36.3 Å². The number of anilines is 2. The van der Waals surface area contributed by atoms with Crippen LogP contribution in [0.15, 0.2) is 80.1 Å². The van der Waals surface area contributed by atoms with Crippen molar-refractivity contribution in [1.82, 2.24) is 10.3 Å². The normalized spacial score (nSPS) is 17.8. The van der Waals surface area contributed by atoms with Crippen molar-refractivity contribution < 1.29 is 26.0 Å². The number of hydrogen-bond donors (Lipinski definition) is 1. The average molecular weight is 545 g/mol. The van der Waals surface area contributed by atoms with Crippen molar-refractivity contribution in [3.8, 4) is 0 Å². The second kappa shape index (κ2) is 10.4. The summed E-state index contributed by atoms with van der Waals surface area (Å²) in [5, 5.41) is 4.07. The number of fused-ring (bicyclic) bond motifs is 4. The van der Waals surface area contributed by atoms with E-state index in [0.29, 0.717) is 0 Å². The number of hydrogen-bond acceptors (Lipinski definition) is 4. The zero-order valence-electron chi connectivity index (χ0n) is 17.5. The van der Waals surface area contributed by atoms with Gasteiger partial charge in [0.15, 0.2) is 0 Å². The molecule has 1 fully saturated rings. The topological polar surface area (TPSA) is 48.5 Å². The van der Waals surface area contributed by atoms with Gasteiger partial charge in [-0.2, -0.15) is 0 Å². The molecule has 2 aliphatic heterocycles. The molecule has 162 valence electrons. The Morgan fingerprint density at radius 2 is 2.16 bits per heavy atom. The van der Waals surface area contributed by atoms with Gasteiger partial charge in [0.1, 0.15) is 0 Å². The third-order valence-corrected chi connectivity index (χ3v) is 7.97. The van der Waals surface area contributed by atoms with Crippen molar-refractivity contribution in [2.75, 3.05) is 22.9 Å². The van der Waals surface area contributed by atoms with Gasteiger partial charge in [0, 0.05) is 0 Å². The summed E-state index contributed by atoms with van der Waals surface area (Å²) in [5.74, 6) is 1.62. The first-order chi connectivity index (χ1) is 15.2. The molecule has 4 rings (SSSR count). The Labute approximate surface area is 198 Å². The summed E-state index contributed by atoms with van der Waals surface area (Å²) in [6.45, 7) is 7.65. The molecular formula is C24H26IN4OS-. The first-order valence-corrected chi connectivity index (χ1v) is 13.6. The first-order valence-electron chi connectivity index (χ1n) is 10.3. The van der Waals surface area contributed by atoms with Crippen LogP contribution in [0.1, 0.15) is 18.9 Å². The van der Waals surface area contributed by atoms with Crippen LogP contribution in [0.2, 0.25) is 0 Å². The predicted molar refractivity (Wildman–Crippen MR) is 125 cm³/mol. The maximum absolute atomic E-state index is 13.4. The van der Waals surface area contributed by atoms with Gasteiger partial charge in [-0.05, 0) is 0 Å². The van der Waals surface area contributed by atoms with Crippen LogP contribution in [0.25, 0.3) is 0 Å². The summed E-state index contributed by atoms with van der Waals surface area (Å²) < 4.78 is 2.85. The van der Waals surface area contributed by atoms with Crippen LogP contribution >= 0.6 is 11.8 Å². The molecule has 0 unspecified atom stereocenters. The molecule has 2 aliphatic rings. The fourth-order valence-corrected chi connectivity index (χ4v) is 5.90. The van der Waals surface area contributed by atoms with Crippen molar-refractivity contribution in [1.29, 1.82) is 0 Å². The summed E-state index contributed by atoms with van der Waals surface area (Å²) in [6.07, 6.45) is 6.84. The van der Waals surface area contributed by atoms with Crippen molar-refractivity contribution in [2.24, 2.45) is 0 Å². The second-order valence-corrected chi connectivity index (χ2v) is 10.9. The summed E-state index contributed by atoms with van der Waals surface area (Å²) in [4.78, 5) is 22.5. The molecule has 3 heterocycles. The number of thioether (sulfide) groups is 1. The summed E-state index contributed by atoms with van der Waals surface area (Å²) in [5.41, 5.74) is 2.31. The molecule has 0 saturated carbocycles. The molecule has 5 nitrogen and oxygen atoms in total. The van der Waals surface area contributed by atoms with E-state index in [1.165, 1.54) is 5.56 Å². The summed E-state index contributed by atoms with van der Waals surface area (Å²) >= 11 is 1.26. The van der Waals surface area contributed by atoms with Crippen LogP contribution in [0.4, 0.5) is 16.3 Å². The van der Waals surface area contributed by atoms with E-state index in [1.807, 2.05) is 40.2 Å². The summed E-state index contributed by atoms with van der Waals surface area (Å²) in [7, 11) is 0. The van der Waals surface area contributed by atoms with Crippen LogP contribution in [-0.4, -0.2) is 30.1 Å². The Bertz CT molecular complexity index is 1010. The molecule has 7 heteroatoms. The monoisotopic (exact) mass is 545 g/mol. The van der Waals surface area contributed by atoms with Crippen LogP contribution in [0.3, 0.4) is 0 Å². The number of carbonyl (C=O) groups excluding carboxylic acids is 1. The van der Waals surface area contributed by atoms with Crippen LogP contribution in [0, 0.1) is 0 Å². The molecule has 2 amide bonds. The summed E-state index contributed by atoms with van der Waals surface area (Å²) in [6, 6.07) is 14.6. The molecule has 1 aromatic carbocycles. The SMILES string of the molecule is C=C[I-]/C(=C\C=C/C)NC(=O)N1c2nc(SCc3ccccc3)ccc2N2CC[C@H]1C2. The van der Waals surface area contributed by atoms with Crippen molar-refractivity contribution in [3.63, 3.8) is 0 Å². The number of aromatic nitrogens is 1. The van der Waals surface area contributed by atoms with Gasteiger partial charge in [0.2, 0.25) is 0 Å². The van der Waals surface area contributed by atoms with E-state index < -0.39 is 21.2 Å². The molecule has 1 N–H and O–H groups in total. The average Bonchev–Trinajstić information content (AvgIpc) is 3.21. The number of allylic oxidation sites excluding steroid dienone is 3. The van der Waals surface area contributed by atoms with Gasteiger partial charge in [0.25, 0.3) is 0 Å². The molecule has 0 aliphatic carbocycles. The Balaban J connectivity index is 1.58. The Hall–Kier alpha value is -2.26. The van der Waals surface area contributed by atoms with Crippen molar-refractivity contribution in [3.05, 3.63) is 80.6 Å². The second-order valence-electron chi connectivity index (χ2n) is 7.26. The van der Waals surface area contributed by atoms with Gasteiger partial charge in [-0.15, -0.1) is 0 Å². The van der Waals surface area contributed by atoms with Gasteiger partial charge >= 0.3 is 193 Å². The van der Waals surface area contributed by atoms with E-state index in [0.717, 1.165) is 45.5 Å². The number of benzene rings is 1. The molecule has 1 saturated heterocycles. The van der Waals surface area contributed by atoms with E-state index >= 15 is 0 Å². The fourth-order valence-electron chi connectivity index (χ4n) is 3.80. The Kier molecular flexibility index (Phi) is 7.34. The molecule has 2 bridgehead atoms. The molecule has 0 radical (unpaired) electrons. The number of pyridine rings is 1. The number of halogens is 1. The minimum atomic E-state index is -0.442. The first kappa shape index (κ1) is 22.0. The third-order valence-electron chi connectivity index (χ3n) is 5.23. The quantitative estimate of drug-likeness (QED) is 0.251. The van der Waals surface area contributed by atoms with Crippen molar-refractivity contribution >= 4 is 29.3 Å². The Morgan fingerprint density at radius 1 is 1.32 bits per heavy atom. The number of amides is 2. The number of urea groups is 1. The Morgan fingerprint density at radius 3 is 2.94 bits per heavy atom. The number of nitrogens with zero attached hydrogens (tertiary/aromatic N) is 3. The third kappa shape index (κ3) is 5.15. The zero-order chi connectivity index (χ0) is 21.6. The predicted octanol–water partition coefficient (Wildman–Crippen LogP) is 2.13. The van der Waals surface area contributed by atoms with E-state index in [-0.39, 0.29) is 12.1 Å². The van der Waals surface area contributed by atoms with Gasteiger partial charge < -0.3 is 0 Å². The van der Waals surface area contributed by atoms with E-state index in [9.17, 15) is 4.79 Å². The van der Waals surface area contributed by atoms with E-state index in [4.69, 9.17) is 4.98 Å². The molecule has 1 aromatic heterocycles. The van der Waals surface area contributed by atoms with Crippen LogP contribution in [0.5, 0.6) is 0 Å². The maximum atomic E-state index is 13.4. The minimum absolute atomic E-state index is 0.0946. The molecule has 31 heavy (non-hydrogen) atoms. The van der Waals surface area contributed by atoms with Crippen LogP contribution in [-0.2, 0) is 5.75 Å². The van der Waals surface area contributed by atoms with Gasteiger partial charge in [-0.25, -0.2) is 0 Å². The van der Waals surface area contributed by atoms with Gasteiger partial charge in [0.05, 0.1) is 0 Å². The molecule has 1 atom stereocenters. The molecular weight excluding hydrogens is 519 g/mol. The fraction of sp³-hybridized carbons (Fsp3) is 0.250. The van der Waals surface area contributed by atoms with Gasteiger partial charge in [-0.3, -0.25) is 0 Å². The number of carbonyl (C=O) groups is 1. The standard InChI is InChI=1S/C24H26IN4OS/c1-3-5-11-21(25-4-2)26-24(30)29-19-14-15-28(16-19)20-12-13-22(27-23(20)29)31-17-18-9-7-6-8-10-18/h3-13,19H,2,14-17H2,1H3,(H,26,30)/q-1/b5-3-,21-11+/t19-/m0/s1. The molecule has 2 aromatic rings. The van der Waals surface area contributed by atoms with E-state index in [1.54, 1.807) is 11.8 Å².